The van der Waals surface area contributed by atoms with Crippen LogP contribution in [0.5, 0.6) is 0 Å². The number of ketones is 1. The van der Waals surface area contributed by atoms with Gasteiger partial charge in [0, 0.05) is 28.0 Å². The quantitative estimate of drug-likeness (QED) is 0.636. The van der Waals surface area contributed by atoms with Gasteiger partial charge >= 0.3 is 0 Å². The van der Waals surface area contributed by atoms with E-state index in [1.54, 1.807) is 30.5 Å². The largest absolute Gasteiger partial charge is 0.289 e. The molecule has 4 heteroatoms. The molecule has 1 aromatic carbocycles. The van der Waals surface area contributed by atoms with Gasteiger partial charge in [0.15, 0.2) is 5.78 Å². The highest BCUT2D eigenvalue weighted by Crippen LogP contribution is 2.16. The first-order chi connectivity index (χ1) is 8.66. The van der Waals surface area contributed by atoms with Gasteiger partial charge in [0.25, 0.3) is 0 Å². The Hall–Kier alpha value is -1.81. The summed E-state index contributed by atoms with van der Waals surface area (Å²) < 4.78 is 14.2. The van der Waals surface area contributed by atoms with Crippen molar-refractivity contribution in [2.24, 2.45) is 0 Å². The molecule has 0 aliphatic heterocycles. The smallest absolute Gasteiger partial charge is 0.187 e. The van der Waals surface area contributed by atoms with Gasteiger partial charge in [-0.25, -0.2) is 4.39 Å². The lowest BCUT2D eigenvalue weighted by atomic mass is 10.1. The molecule has 0 amide bonds. The fraction of sp³-hybridized carbons (Fsp3) is 0. The van der Waals surface area contributed by atoms with E-state index in [0.717, 1.165) is 0 Å². The highest BCUT2D eigenvalue weighted by molar-refractivity contribution is 9.10. The van der Waals surface area contributed by atoms with Crippen molar-refractivity contribution in [3.05, 3.63) is 70.2 Å². The fourth-order valence-corrected chi connectivity index (χ4v) is 1.74. The number of carbonyl (C=O) groups is 1. The minimum Gasteiger partial charge on any atom is -0.289 e. The van der Waals surface area contributed by atoms with Crippen molar-refractivity contribution in [1.82, 2.24) is 4.98 Å². The van der Waals surface area contributed by atoms with Gasteiger partial charge in [0.05, 0.1) is 0 Å². The van der Waals surface area contributed by atoms with Crippen molar-refractivity contribution in [2.75, 3.05) is 0 Å². The number of hydrogen-bond donors (Lipinski definition) is 0. The van der Waals surface area contributed by atoms with Crippen LogP contribution in [0.25, 0.3) is 6.08 Å². The number of rotatable bonds is 3. The van der Waals surface area contributed by atoms with Crippen LogP contribution in [0.2, 0.25) is 0 Å². The van der Waals surface area contributed by atoms with Gasteiger partial charge in [-0.05, 0) is 36.4 Å². The van der Waals surface area contributed by atoms with E-state index in [-0.39, 0.29) is 11.6 Å². The van der Waals surface area contributed by atoms with Crippen molar-refractivity contribution < 1.29 is 9.18 Å². The maximum absolute atomic E-state index is 13.5. The second-order valence-corrected chi connectivity index (χ2v) is 4.52. The molecule has 2 rings (SSSR count). The van der Waals surface area contributed by atoms with E-state index in [9.17, 15) is 9.18 Å². The van der Waals surface area contributed by atoms with Gasteiger partial charge in [0.2, 0.25) is 0 Å². The first-order valence-corrected chi connectivity index (χ1v) is 6.03. The van der Waals surface area contributed by atoms with Crippen LogP contribution >= 0.6 is 15.9 Å². The molecule has 0 aliphatic carbocycles. The summed E-state index contributed by atoms with van der Waals surface area (Å²) in [6, 6.07) is 8.02. The predicted octanol–water partition coefficient (Wildman–Crippen LogP) is 3.88. The first-order valence-electron chi connectivity index (χ1n) is 5.24. The van der Waals surface area contributed by atoms with E-state index in [1.165, 1.54) is 24.4 Å². The normalized spacial score (nSPS) is 10.8. The van der Waals surface area contributed by atoms with Crippen LogP contribution in [-0.4, -0.2) is 10.8 Å². The Morgan fingerprint density at radius 3 is 2.83 bits per heavy atom. The Kier molecular flexibility index (Phi) is 3.99. The van der Waals surface area contributed by atoms with Crippen molar-refractivity contribution in [3.8, 4) is 0 Å². The monoisotopic (exact) mass is 305 g/mol. The molecule has 1 heterocycles. The molecule has 2 nitrogen and oxygen atoms in total. The zero-order valence-corrected chi connectivity index (χ0v) is 10.9. The summed E-state index contributed by atoms with van der Waals surface area (Å²) in [5, 5.41) is 0. The molecule has 90 valence electrons. The van der Waals surface area contributed by atoms with Crippen molar-refractivity contribution in [2.45, 2.75) is 0 Å². The van der Waals surface area contributed by atoms with E-state index in [0.29, 0.717) is 15.6 Å². The molecule has 0 bridgehead atoms. The lowest BCUT2D eigenvalue weighted by Crippen LogP contribution is -1.94. The number of aromatic nitrogens is 1. The number of nitrogens with zero attached hydrogens (tertiary/aromatic N) is 1. The molecule has 2 aromatic rings. The lowest BCUT2D eigenvalue weighted by Gasteiger charge is -1.97. The second-order valence-electron chi connectivity index (χ2n) is 3.61. The van der Waals surface area contributed by atoms with Crippen molar-refractivity contribution in [1.29, 1.82) is 0 Å². The average Bonchev–Trinajstić information content (AvgIpc) is 2.38. The van der Waals surface area contributed by atoms with Crippen LogP contribution in [0.4, 0.5) is 4.39 Å². The zero-order chi connectivity index (χ0) is 13.0. The number of pyridine rings is 1. The van der Waals surface area contributed by atoms with Crippen molar-refractivity contribution in [3.63, 3.8) is 0 Å². The molecule has 0 atom stereocenters. The van der Waals surface area contributed by atoms with Gasteiger partial charge in [-0.15, -0.1) is 0 Å². The van der Waals surface area contributed by atoms with Crippen LogP contribution in [-0.2, 0) is 0 Å². The Morgan fingerprint density at radius 2 is 2.17 bits per heavy atom. The summed E-state index contributed by atoms with van der Waals surface area (Å²) in [5.41, 5.74) is 0.849. The van der Waals surface area contributed by atoms with Crippen LogP contribution < -0.4 is 0 Å². The Bertz CT molecular complexity index is 596. The van der Waals surface area contributed by atoms with Crippen molar-refractivity contribution >= 4 is 27.8 Å². The van der Waals surface area contributed by atoms with Crippen LogP contribution in [0.15, 0.2) is 53.3 Å². The Morgan fingerprint density at radius 1 is 1.33 bits per heavy atom. The highest BCUT2D eigenvalue weighted by Gasteiger charge is 2.02. The van der Waals surface area contributed by atoms with Crippen LogP contribution in [0.3, 0.4) is 0 Å². The molecule has 0 aliphatic rings. The molecule has 0 spiro atoms. The first kappa shape index (κ1) is 12.6. The predicted molar refractivity (Wildman–Crippen MR) is 71.7 cm³/mol. The van der Waals surface area contributed by atoms with E-state index in [2.05, 4.69) is 20.9 Å². The molecule has 18 heavy (non-hydrogen) atoms. The van der Waals surface area contributed by atoms with Gasteiger partial charge in [-0.3, -0.25) is 9.78 Å². The molecule has 0 N–H and O–H groups in total. The fourth-order valence-electron chi connectivity index (χ4n) is 1.41. The van der Waals surface area contributed by atoms with Gasteiger partial charge in [0.1, 0.15) is 5.82 Å². The van der Waals surface area contributed by atoms with Gasteiger partial charge < -0.3 is 0 Å². The van der Waals surface area contributed by atoms with E-state index >= 15 is 0 Å². The number of carbonyl (C=O) groups excluding carboxylic acids is 1. The topological polar surface area (TPSA) is 30.0 Å². The summed E-state index contributed by atoms with van der Waals surface area (Å²) in [6.45, 7) is 0. The molecule has 0 unspecified atom stereocenters. The standard InChI is InChI=1S/C14H9BrFNO/c15-12-5-3-10(13(16)8-12)4-6-14(18)11-2-1-7-17-9-11/h1-9H. The minimum atomic E-state index is -0.375. The molecule has 0 radical (unpaired) electrons. The summed E-state index contributed by atoms with van der Waals surface area (Å²) in [6.07, 6.45) is 5.86. The summed E-state index contributed by atoms with van der Waals surface area (Å²) in [4.78, 5) is 15.6. The minimum absolute atomic E-state index is 0.203. The zero-order valence-electron chi connectivity index (χ0n) is 9.31. The molecule has 0 saturated carbocycles. The maximum atomic E-state index is 13.5. The van der Waals surface area contributed by atoms with E-state index < -0.39 is 0 Å². The molecule has 0 fully saturated rings. The SMILES string of the molecule is O=C(C=Cc1ccc(Br)cc1F)c1cccnc1. The number of halogens is 2. The maximum Gasteiger partial charge on any atom is 0.187 e. The summed E-state index contributed by atoms with van der Waals surface area (Å²) in [5.74, 6) is -0.579. The summed E-state index contributed by atoms with van der Waals surface area (Å²) >= 11 is 3.17. The van der Waals surface area contributed by atoms with Crippen LogP contribution in [0.1, 0.15) is 15.9 Å². The third-order valence-corrected chi connectivity index (χ3v) is 2.82. The number of hydrogen-bond acceptors (Lipinski definition) is 2. The summed E-state index contributed by atoms with van der Waals surface area (Å²) in [7, 11) is 0. The molecule has 0 saturated heterocycles. The van der Waals surface area contributed by atoms with Gasteiger partial charge in [-0.2, -0.15) is 0 Å². The second kappa shape index (κ2) is 5.69. The number of benzene rings is 1. The van der Waals surface area contributed by atoms with E-state index in [1.807, 2.05) is 0 Å². The highest BCUT2D eigenvalue weighted by atomic mass is 79.9. The third kappa shape index (κ3) is 3.11. The molecular weight excluding hydrogens is 297 g/mol. The lowest BCUT2D eigenvalue weighted by molar-refractivity contribution is 0.104. The third-order valence-electron chi connectivity index (χ3n) is 2.32. The van der Waals surface area contributed by atoms with Crippen LogP contribution in [0, 0.1) is 5.82 Å². The van der Waals surface area contributed by atoms with Gasteiger partial charge in [-0.1, -0.05) is 22.0 Å². The Labute approximate surface area is 112 Å². The molecule has 1 aromatic heterocycles. The molecular formula is C14H9BrFNO. The average molecular weight is 306 g/mol. The Balaban J connectivity index is 2.19. The number of allylic oxidation sites excluding steroid dienone is 1. The van der Waals surface area contributed by atoms with E-state index in [4.69, 9.17) is 0 Å².